The number of aromatic nitrogens is 1. The average Bonchev–Trinajstić information content (AvgIpc) is 2.49. The molecule has 0 aliphatic rings. The lowest BCUT2D eigenvalue weighted by molar-refractivity contribution is -0.129. The number of rotatable bonds is 3. The van der Waals surface area contributed by atoms with Crippen LogP contribution in [0.15, 0.2) is 10.5 Å². The van der Waals surface area contributed by atoms with Gasteiger partial charge in [-0.3, -0.25) is 0 Å². The van der Waals surface area contributed by atoms with E-state index in [2.05, 4.69) is 10.1 Å². The van der Waals surface area contributed by atoms with Crippen molar-refractivity contribution in [1.29, 1.82) is 0 Å². The van der Waals surface area contributed by atoms with Crippen molar-refractivity contribution in [3.05, 3.63) is 11.1 Å². The molecule has 0 saturated carbocycles. The smallest absolute Gasteiger partial charge is 0.360 e. The van der Waals surface area contributed by atoms with Gasteiger partial charge in [0, 0.05) is 5.38 Å². The van der Waals surface area contributed by atoms with Gasteiger partial charge in [-0.05, 0) is 20.8 Å². The number of thiazole rings is 1. The predicted molar refractivity (Wildman–Crippen MR) is 61.5 cm³/mol. The van der Waals surface area contributed by atoms with Crippen LogP contribution in [-0.4, -0.2) is 27.4 Å². The Morgan fingerprint density at radius 2 is 2.25 bits per heavy atom. The molecule has 6 nitrogen and oxygen atoms in total. The summed E-state index contributed by atoms with van der Waals surface area (Å²) in [5, 5.41) is 14.3. The molecule has 0 fully saturated rings. The first-order valence-electron chi connectivity index (χ1n) is 4.50. The number of carboxylic acids is 1. The molecule has 3 N–H and O–H groups in total. The molecule has 0 saturated heterocycles. The second-order valence-corrected chi connectivity index (χ2v) is 4.91. The monoisotopic (exact) mass is 243 g/mol. The molecular formula is C9H13N3O3S. The second-order valence-electron chi connectivity index (χ2n) is 4.02. The van der Waals surface area contributed by atoms with Gasteiger partial charge in [0.1, 0.15) is 11.3 Å². The lowest BCUT2D eigenvalue weighted by Crippen LogP contribution is -2.21. The van der Waals surface area contributed by atoms with Crippen molar-refractivity contribution < 1.29 is 14.7 Å². The molecule has 0 bridgehead atoms. The fraction of sp³-hybridized carbons (Fsp3) is 0.444. The maximum Gasteiger partial charge on any atom is 0.360 e. The molecule has 0 spiro atoms. The lowest BCUT2D eigenvalue weighted by Gasteiger charge is -2.15. The van der Waals surface area contributed by atoms with Crippen molar-refractivity contribution in [3.63, 3.8) is 0 Å². The molecule has 88 valence electrons. The minimum Gasteiger partial charge on any atom is -0.476 e. The van der Waals surface area contributed by atoms with Gasteiger partial charge in [0.15, 0.2) is 5.13 Å². The topological polar surface area (TPSA) is 97.8 Å². The quantitative estimate of drug-likeness (QED) is 0.616. The standard InChI is InChI=1S/C9H13N3O3S/c1-9(2,3)15-12-6(7(13)14)5-4-16-8(10)11-5/h4H,1-3H3,(H2,10,11)(H,13,14)/b12-6-. The van der Waals surface area contributed by atoms with Crippen LogP contribution in [0, 0.1) is 0 Å². The Hall–Kier alpha value is -1.63. The molecule has 1 rings (SSSR count). The minimum absolute atomic E-state index is 0.208. The molecule has 7 heteroatoms. The van der Waals surface area contributed by atoms with Crippen LogP contribution in [0.3, 0.4) is 0 Å². The number of anilines is 1. The fourth-order valence-electron chi connectivity index (χ4n) is 0.774. The van der Waals surface area contributed by atoms with Crippen LogP contribution in [0.1, 0.15) is 26.5 Å². The van der Waals surface area contributed by atoms with Gasteiger partial charge < -0.3 is 15.7 Å². The zero-order valence-corrected chi connectivity index (χ0v) is 10.0. The first kappa shape index (κ1) is 12.4. The summed E-state index contributed by atoms with van der Waals surface area (Å²) in [6.07, 6.45) is 0. The summed E-state index contributed by atoms with van der Waals surface area (Å²) in [7, 11) is 0. The number of hydrogen-bond donors (Lipinski definition) is 2. The number of nitrogen functional groups attached to an aromatic ring is 1. The average molecular weight is 243 g/mol. The lowest BCUT2D eigenvalue weighted by atomic mass is 10.2. The highest BCUT2D eigenvalue weighted by Gasteiger charge is 2.19. The van der Waals surface area contributed by atoms with Crippen LogP contribution < -0.4 is 5.73 Å². The predicted octanol–water partition coefficient (Wildman–Crippen LogP) is 1.33. The Bertz CT molecular complexity index is 420. The van der Waals surface area contributed by atoms with Crippen molar-refractivity contribution in [3.8, 4) is 0 Å². The van der Waals surface area contributed by atoms with E-state index >= 15 is 0 Å². The van der Waals surface area contributed by atoms with E-state index < -0.39 is 11.6 Å². The third-order valence-corrected chi connectivity index (χ3v) is 2.05. The fourth-order valence-corrected chi connectivity index (χ4v) is 1.32. The van der Waals surface area contributed by atoms with Gasteiger partial charge in [-0.2, -0.15) is 0 Å². The highest BCUT2D eigenvalue weighted by molar-refractivity contribution is 7.13. The maximum atomic E-state index is 10.9. The molecule has 16 heavy (non-hydrogen) atoms. The first-order chi connectivity index (χ1) is 7.29. The zero-order chi connectivity index (χ0) is 12.3. The van der Waals surface area contributed by atoms with E-state index in [4.69, 9.17) is 15.7 Å². The summed E-state index contributed by atoms with van der Waals surface area (Å²) in [6, 6.07) is 0. The van der Waals surface area contributed by atoms with Crippen molar-refractivity contribution in [1.82, 2.24) is 4.98 Å². The van der Waals surface area contributed by atoms with Gasteiger partial charge in [-0.25, -0.2) is 9.78 Å². The van der Waals surface area contributed by atoms with Crippen LogP contribution in [0.25, 0.3) is 0 Å². The van der Waals surface area contributed by atoms with Crippen LogP contribution in [-0.2, 0) is 9.63 Å². The molecule has 0 radical (unpaired) electrons. The number of carbonyl (C=O) groups is 1. The van der Waals surface area contributed by atoms with Crippen molar-refractivity contribution in [2.75, 3.05) is 5.73 Å². The van der Waals surface area contributed by atoms with Gasteiger partial charge in [0.25, 0.3) is 0 Å². The van der Waals surface area contributed by atoms with Crippen molar-refractivity contribution >= 4 is 28.1 Å². The summed E-state index contributed by atoms with van der Waals surface area (Å²) in [4.78, 5) is 19.8. The number of nitrogens with zero attached hydrogens (tertiary/aromatic N) is 2. The Balaban J connectivity index is 2.96. The Kier molecular flexibility index (Phi) is 3.48. The molecule has 1 heterocycles. The summed E-state index contributed by atoms with van der Waals surface area (Å²) in [5.41, 5.74) is 4.82. The maximum absolute atomic E-state index is 10.9. The number of nitrogens with two attached hydrogens (primary N) is 1. The molecule has 0 unspecified atom stereocenters. The molecule has 1 aromatic rings. The summed E-state index contributed by atoms with van der Waals surface area (Å²) >= 11 is 1.15. The van der Waals surface area contributed by atoms with Crippen LogP contribution in [0.4, 0.5) is 5.13 Å². The molecular weight excluding hydrogens is 230 g/mol. The Labute approximate surface area is 96.7 Å². The molecule has 0 atom stereocenters. The largest absolute Gasteiger partial charge is 0.476 e. The number of oxime groups is 1. The van der Waals surface area contributed by atoms with Crippen LogP contribution in [0.5, 0.6) is 0 Å². The first-order valence-corrected chi connectivity index (χ1v) is 5.38. The number of carboxylic acid groups (broad SMARTS) is 1. The van der Waals surface area contributed by atoms with E-state index in [1.165, 1.54) is 5.38 Å². The molecule has 0 aliphatic heterocycles. The van der Waals surface area contributed by atoms with Gasteiger partial charge in [0.05, 0.1) is 0 Å². The summed E-state index contributed by atoms with van der Waals surface area (Å²) in [5.74, 6) is -1.20. The van der Waals surface area contributed by atoms with Crippen molar-refractivity contribution in [2.24, 2.45) is 5.16 Å². The second kappa shape index (κ2) is 4.48. The van der Waals surface area contributed by atoms with E-state index in [1.807, 2.05) is 0 Å². The summed E-state index contributed by atoms with van der Waals surface area (Å²) < 4.78 is 0. The van der Waals surface area contributed by atoms with Gasteiger partial charge in [0.2, 0.25) is 5.71 Å². The highest BCUT2D eigenvalue weighted by Crippen LogP contribution is 2.14. The third-order valence-electron chi connectivity index (χ3n) is 1.38. The minimum atomic E-state index is -1.20. The van der Waals surface area contributed by atoms with E-state index in [-0.39, 0.29) is 11.4 Å². The molecule has 0 aromatic carbocycles. The Morgan fingerprint density at radius 1 is 1.62 bits per heavy atom. The normalized spacial score (nSPS) is 12.6. The zero-order valence-electron chi connectivity index (χ0n) is 9.22. The van der Waals surface area contributed by atoms with E-state index in [9.17, 15) is 4.79 Å². The van der Waals surface area contributed by atoms with Gasteiger partial charge >= 0.3 is 5.97 Å². The molecule has 1 aromatic heterocycles. The van der Waals surface area contributed by atoms with Gasteiger partial charge in [-0.15, -0.1) is 11.3 Å². The number of aliphatic carboxylic acids is 1. The molecule has 0 amide bonds. The highest BCUT2D eigenvalue weighted by atomic mass is 32.1. The van der Waals surface area contributed by atoms with Crippen LogP contribution >= 0.6 is 11.3 Å². The van der Waals surface area contributed by atoms with Gasteiger partial charge in [-0.1, -0.05) is 5.16 Å². The summed E-state index contributed by atoms with van der Waals surface area (Å²) in [6.45, 7) is 5.31. The molecule has 0 aliphatic carbocycles. The number of hydrogen-bond acceptors (Lipinski definition) is 6. The van der Waals surface area contributed by atoms with Crippen molar-refractivity contribution in [2.45, 2.75) is 26.4 Å². The van der Waals surface area contributed by atoms with E-state index in [0.29, 0.717) is 5.13 Å². The van der Waals surface area contributed by atoms with E-state index in [1.54, 1.807) is 20.8 Å². The third kappa shape index (κ3) is 3.50. The SMILES string of the molecule is CC(C)(C)O/N=C(\C(=O)O)c1csc(N)n1. The van der Waals surface area contributed by atoms with Crippen LogP contribution in [0.2, 0.25) is 0 Å². The Morgan fingerprint density at radius 3 is 2.62 bits per heavy atom. The van der Waals surface area contributed by atoms with E-state index in [0.717, 1.165) is 11.3 Å².